The number of carbonyl (C=O) groups excluding carboxylic acids is 1. The molecule has 0 radical (unpaired) electrons. The van der Waals surface area contributed by atoms with E-state index in [1.54, 1.807) is 6.26 Å². The first-order valence-corrected chi connectivity index (χ1v) is 11.1. The number of rotatable bonds is 5. The van der Waals surface area contributed by atoms with Gasteiger partial charge in [-0.15, -0.1) is 0 Å². The molecular weight excluding hydrogens is 453 g/mol. The monoisotopic (exact) mass is 482 g/mol. The number of aliphatic carboxylic acids is 1. The summed E-state index contributed by atoms with van der Waals surface area (Å²) in [7, 11) is 0. The van der Waals surface area contributed by atoms with Crippen molar-refractivity contribution < 1.29 is 37.0 Å². The lowest BCUT2D eigenvalue weighted by Crippen LogP contribution is -2.48. The van der Waals surface area contributed by atoms with Crippen LogP contribution in [0.4, 0.5) is 13.2 Å². The van der Waals surface area contributed by atoms with E-state index in [0.29, 0.717) is 37.5 Å². The summed E-state index contributed by atoms with van der Waals surface area (Å²) < 4.78 is 42.7. The van der Waals surface area contributed by atoms with Crippen LogP contribution in [0.15, 0.2) is 34.9 Å². The lowest BCUT2D eigenvalue weighted by atomic mass is 9.95. The third kappa shape index (κ3) is 6.38. The van der Waals surface area contributed by atoms with Crippen LogP contribution in [0.25, 0.3) is 0 Å². The highest BCUT2D eigenvalue weighted by Gasteiger charge is 2.38. The summed E-state index contributed by atoms with van der Waals surface area (Å²) in [4.78, 5) is 24.1. The van der Waals surface area contributed by atoms with Crippen LogP contribution < -0.4 is 5.32 Å². The van der Waals surface area contributed by atoms with Gasteiger partial charge in [-0.2, -0.15) is 13.2 Å². The molecule has 2 aliphatic rings. The van der Waals surface area contributed by atoms with Crippen molar-refractivity contribution in [3.05, 3.63) is 58.5 Å². The molecule has 0 saturated heterocycles. The van der Waals surface area contributed by atoms with Gasteiger partial charge < -0.3 is 19.6 Å². The zero-order valence-electron chi connectivity index (χ0n) is 19.2. The van der Waals surface area contributed by atoms with E-state index in [9.17, 15) is 18.0 Å². The molecule has 7 nitrogen and oxygen atoms in total. The highest BCUT2D eigenvalue weighted by atomic mass is 19.4. The number of alkyl halides is 3. The molecule has 1 aromatic carbocycles. The van der Waals surface area contributed by atoms with Crippen LogP contribution in [0.5, 0.6) is 0 Å². The molecular formula is C24H29F3N2O5. The number of hydrogen-bond donors (Lipinski definition) is 2. The van der Waals surface area contributed by atoms with Crippen molar-refractivity contribution in [3.63, 3.8) is 0 Å². The maximum atomic E-state index is 12.7. The Morgan fingerprint density at radius 1 is 1.15 bits per heavy atom. The fraction of sp³-hybridized carbons (Fsp3) is 0.500. The minimum Gasteiger partial charge on any atom is -0.475 e. The van der Waals surface area contributed by atoms with Crippen molar-refractivity contribution in [1.82, 2.24) is 10.2 Å². The second-order valence-corrected chi connectivity index (χ2v) is 8.68. The standard InChI is InChI=1S/C22H28N2O3.C2HF3O2/c1-15(2)20(24-9-7-16-5-3-4-6-17(16)12-24)11-23-22(25)21-19-8-10-26-13-18(19)14-27-21;3-2(4,5)1(6)7/h3-6,14-15,20H,7-13H2,1-2H3,(H,23,25);(H,6,7). The summed E-state index contributed by atoms with van der Waals surface area (Å²) in [5, 5.41) is 10.2. The van der Waals surface area contributed by atoms with Gasteiger partial charge in [0.25, 0.3) is 5.91 Å². The summed E-state index contributed by atoms with van der Waals surface area (Å²) in [5.41, 5.74) is 4.86. The van der Waals surface area contributed by atoms with Crippen molar-refractivity contribution in [2.75, 3.05) is 19.7 Å². The average molecular weight is 482 g/mol. The largest absolute Gasteiger partial charge is 0.490 e. The van der Waals surface area contributed by atoms with E-state index in [1.165, 1.54) is 11.1 Å². The summed E-state index contributed by atoms with van der Waals surface area (Å²) in [6, 6.07) is 8.97. The zero-order valence-corrected chi connectivity index (χ0v) is 19.2. The Labute approximate surface area is 195 Å². The summed E-state index contributed by atoms with van der Waals surface area (Å²) in [6.07, 6.45) is -1.62. The van der Waals surface area contributed by atoms with Crippen LogP contribution in [0, 0.1) is 5.92 Å². The maximum absolute atomic E-state index is 12.7. The molecule has 1 atom stereocenters. The van der Waals surface area contributed by atoms with E-state index < -0.39 is 12.1 Å². The van der Waals surface area contributed by atoms with Crippen LogP contribution in [0.1, 0.15) is 46.7 Å². The molecule has 0 bridgehead atoms. The van der Waals surface area contributed by atoms with Crippen LogP contribution in [-0.4, -0.2) is 53.8 Å². The number of carboxylic acid groups (broad SMARTS) is 1. The number of amides is 1. The molecule has 2 aromatic rings. The zero-order chi connectivity index (χ0) is 24.9. The molecule has 2 aliphatic heterocycles. The number of fused-ring (bicyclic) bond motifs is 2. The van der Waals surface area contributed by atoms with Crippen LogP contribution in [0.2, 0.25) is 0 Å². The van der Waals surface area contributed by atoms with Gasteiger partial charge in [0.15, 0.2) is 5.76 Å². The first kappa shape index (κ1) is 25.8. The molecule has 1 unspecified atom stereocenters. The number of carbonyl (C=O) groups is 2. The summed E-state index contributed by atoms with van der Waals surface area (Å²) >= 11 is 0. The summed E-state index contributed by atoms with van der Waals surface area (Å²) in [6.45, 7) is 8.24. The van der Waals surface area contributed by atoms with Gasteiger partial charge in [0.1, 0.15) is 0 Å². The number of carboxylic acids is 1. The fourth-order valence-corrected chi connectivity index (χ4v) is 4.22. The smallest absolute Gasteiger partial charge is 0.475 e. The minimum atomic E-state index is -5.08. The average Bonchev–Trinajstić information content (AvgIpc) is 3.23. The molecule has 1 amide bonds. The number of hydrogen-bond acceptors (Lipinski definition) is 5. The molecule has 10 heteroatoms. The van der Waals surface area contributed by atoms with Crippen molar-refractivity contribution >= 4 is 11.9 Å². The van der Waals surface area contributed by atoms with E-state index in [2.05, 4.69) is 48.3 Å². The second kappa shape index (κ2) is 11.1. The minimum absolute atomic E-state index is 0.110. The van der Waals surface area contributed by atoms with E-state index in [-0.39, 0.29) is 5.91 Å². The Hall–Kier alpha value is -2.85. The van der Waals surface area contributed by atoms with Gasteiger partial charge in [-0.25, -0.2) is 4.79 Å². The third-order valence-corrected chi connectivity index (χ3v) is 6.05. The summed E-state index contributed by atoms with van der Waals surface area (Å²) in [5.74, 6) is -1.96. The van der Waals surface area contributed by atoms with Crippen molar-refractivity contribution in [3.8, 4) is 0 Å². The molecule has 186 valence electrons. The van der Waals surface area contributed by atoms with Gasteiger partial charge in [0.2, 0.25) is 0 Å². The predicted molar refractivity (Wildman–Crippen MR) is 117 cm³/mol. The van der Waals surface area contributed by atoms with Crippen molar-refractivity contribution in [2.45, 2.75) is 52.1 Å². The van der Waals surface area contributed by atoms with E-state index >= 15 is 0 Å². The van der Waals surface area contributed by atoms with E-state index in [4.69, 9.17) is 19.1 Å². The number of halogens is 3. The normalized spacial score (nSPS) is 16.6. The van der Waals surface area contributed by atoms with Crippen molar-refractivity contribution in [1.29, 1.82) is 0 Å². The van der Waals surface area contributed by atoms with Crippen LogP contribution in [-0.2, 0) is 35.5 Å². The molecule has 3 heterocycles. The second-order valence-electron chi connectivity index (χ2n) is 8.68. The highest BCUT2D eigenvalue weighted by Crippen LogP contribution is 2.24. The van der Waals surface area contributed by atoms with Gasteiger partial charge in [0, 0.05) is 43.2 Å². The number of nitrogens with one attached hydrogen (secondary N) is 1. The molecule has 0 aliphatic carbocycles. The predicted octanol–water partition coefficient (Wildman–Crippen LogP) is 3.80. The topological polar surface area (TPSA) is 92.0 Å². The molecule has 2 N–H and O–H groups in total. The quantitative estimate of drug-likeness (QED) is 0.674. The van der Waals surface area contributed by atoms with Gasteiger partial charge in [0.05, 0.1) is 19.5 Å². The molecule has 0 spiro atoms. The van der Waals surface area contributed by atoms with Gasteiger partial charge in [-0.05, 0) is 23.5 Å². The first-order valence-electron chi connectivity index (χ1n) is 11.1. The number of nitrogens with zero attached hydrogens (tertiary/aromatic N) is 1. The Morgan fingerprint density at radius 2 is 1.82 bits per heavy atom. The maximum Gasteiger partial charge on any atom is 0.490 e. The SMILES string of the molecule is CC(C)C(CNC(=O)c1occ2c1CCOC2)N1CCc2ccccc2C1.O=C(O)C(F)(F)F. The van der Waals surface area contributed by atoms with E-state index in [1.807, 2.05) is 0 Å². The van der Waals surface area contributed by atoms with E-state index in [0.717, 1.165) is 37.1 Å². The van der Waals surface area contributed by atoms with Crippen LogP contribution in [0.3, 0.4) is 0 Å². The number of benzene rings is 1. The molecule has 0 saturated carbocycles. The number of ether oxygens (including phenoxy) is 1. The first-order chi connectivity index (χ1) is 16.1. The third-order valence-electron chi connectivity index (χ3n) is 6.05. The molecule has 1 aromatic heterocycles. The Balaban J connectivity index is 0.000000406. The Morgan fingerprint density at radius 3 is 2.47 bits per heavy atom. The molecule has 4 rings (SSSR count). The lowest BCUT2D eigenvalue weighted by molar-refractivity contribution is -0.192. The van der Waals surface area contributed by atoms with Gasteiger partial charge in [-0.3, -0.25) is 9.69 Å². The lowest BCUT2D eigenvalue weighted by Gasteiger charge is -2.38. The fourth-order valence-electron chi connectivity index (χ4n) is 4.22. The Kier molecular flexibility index (Phi) is 8.37. The molecule has 34 heavy (non-hydrogen) atoms. The highest BCUT2D eigenvalue weighted by molar-refractivity contribution is 5.93. The van der Waals surface area contributed by atoms with Gasteiger partial charge >= 0.3 is 12.1 Å². The Bertz CT molecular complexity index is 1000. The molecule has 0 fully saturated rings. The number of furan rings is 1. The van der Waals surface area contributed by atoms with Gasteiger partial charge in [-0.1, -0.05) is 38.1 Å². The van der Waals surface area contributed by atoms with Crippen LogP contribution >= 0.6 is 0 Å². The van der Waals surface area contributed by atoms with Crippen molar-refractivity contribution in [2.24, 2.45) is 5.92 Å².